The number of para-hydroxylation sites is 1. The number of anilines is 1. The van der Waals surface area contributed by atoms with Crippen molar-refractivity contribution >= 4 is 32.4 Å². The third-order valence-electron chi connectivity index (χ3n) is 4.89. The maximum absolute atomic E-state index is 12.5. The van der Waals surface area contributed by atoms with E-state index < -0.39 is 10.0 Å². The molecule has 1 amide bonds. The van der Waals surface area contributed by atoms with Gasteiger partial charge in [-0.1, -0.05) is 60.7 Å². The normalized spacial score (nSPS) is 11.1. The first-order valence-electron chi connectivity index (χ1n) is 10.1. The number of amides is 1. The number of benzene rings is 4. The zero-order chi connectivity index (χ0) is 22.4. The molecule has 4 rings (SSSR count). The Morgan fingerprint density at radius 2 is 1.47 bits per heavy atom. The number of hydrogen-bond acceptors (Lipinski definition) is 4. The summed E-state index contributed by atoms with van der Waals surface area (Å²) in [5.74, 6) is 0.143. The minimum Gasteiger partial charge on any atom is -0.484 e. The molecular weight excluding hydrogens is 424 g/mol. The molecule has 0 unspecified atom stereocenters. The van der Waals surface area contributed by atoms with Crippen molar-refractivity contribution in [2.45, 2.75) is 11.4 Å². The summed E-state index contributed by atoms with van der Waals surface area (Å²) in [5, 5.41) is 5.07. The van der Waals surface area contributed by atoms with Crippen LogP contribution >= 0.6 is 0 Å². The molecule has 0 heterocycles. The molecule has 0 saturated heterocycles. The van der Waals surface area contributed by atoms with Crippen molar-refractivity contribution in [3.05, 3.63) is 103 Å². The molecular formula is C25H22N2O4S. The van der Waals surface area contributed by atoms with Gasteiger partial charge < -0.3 is 10.1 Å². The van der Waals surface area contributed by atoms with Gasteiger partial charge in [-0.15, -0.1) is 0 Å². The van der Waals surface area contributed by atoms with Gasteiger partial charge in [0.05, 0.1) is 4.90 Å². The van der Waals surface area contributed by atoms with Crippen molar-refractivity contribution in [3.63, 3.8) is 0 Å². The lowest BCUT2D eigenvalue weighted by Crippen LogP contribution is -2.28. The third-order valence-corrected chi connectivity index (χ3v) is 6.28. The number of fused-ring (bicyclic) bond motifs is 1. The summed E-state index contributed by atoms with van der Waals surface area (Å²) in [6, 6.07) is 28.6. The number of carbonyl (C=O) groups is 1. The molecule has 0 aliphatic heterocycles. The molecule has 2 N–H and O–H groups in total. The van der Waals surface area contributed by atoms with Gasteiger partial charge in [0.25, 0.3) is 15.9 Å². The van der Waals surface area contributed by atoms with Gasteiger partial charge in [-0.05, 0) is 52.7 Å². The number of carbonyl (C=O) groups excluding carboxylic acids is 1. The van der Waals surface area contributed by atoms with Crippen LogP contribution in [0.3, 0.4) is 0 Å². The average molecular weight is 447 g/mol. The lowest BCUT2D eigenvalue weighted by molar-refractivity contribution is -0.123. The van der Waals surface area contributed by atoms with Crippen LogP contribution in [-0.4, -0.2) is 20.9 Å². The van der Waals surface area contributed by atoms with Crippen LogP contribution < -0.4 is 14.8 Å². The van der Waals surface area contributed by atoms with E-state index in [1.165, 1.54) is 24.3 Å². The smallest absolute Gasteiger partial charge is 0.261 e. The van der Waals surface area contributed by atoms with E-state index in [-0.39, 0.29) is 17.4 Å². The number of hydrogen-bond donors (Lipinski definition) is 2. The zero-order valence-electron chi connectivity index (χ0n) is 17.2. The van der Waals surface area contributed by atoms with Crippen LogP contribution in [0.15, 0.2) is 102 Å². The number of nitrogens with one attached hydrogen (secondary N) is 2. The summed E-state index contributed by atoms with van der Waals surface area (Å²) in [6.45, 7) is 0.227. The Morgan fingerprint density at radius 1 is 0.781 bits per heavy atom. The Balaban J connectivity index is 1.31. The quantitative estimate of drug-likeness (QED) is 0.422. The van der Waals surface area contributed by atoms with E-state index in [9.17, 15) is 13.2 Å². The van der Waals surface area contributed by atoms with Crippen LogP contribution in [0.2, 0.25) is 0 Å². The summed E-state index contributed by atoms with van der Waals surface area (Å²) < 4.78 is 33.0. The summed E-state index contributed by atoms with van der Waals surface area (Å²) in [6.07, 6.45) is 0. The Bertz CT molecular complexity index is 1320. The first kappa shape index (κ1) is 21.4. The van der Waals surface area contributed by atoms with E-state index in [1.54, 1.807) is 24.3 Å². The van der Waals surface area contributed by atoms with Crippen LogP contribution in [-0.2, 0) is 21.4 Å². The van der Waals surface area contributed by atoms with Crippen LogP contribution in [0.1, 0.15) is 5.56 Å². The SMILES string of the molecule is O=C(COc1ccc(S(=O)(=O)Nc2ccccc2)cc1)NCc1cccc2ccccc12. The van der Waals surface area contributed by atoms with Gasteiger partial charge in [0.1, 0.15) is 5.75 Å². The molecule has 0 atom stereocenters. The fraction of sp³-hybridized carbons (Fsp3) is 0.0800. The highest BCUT2D eigenvalue weighted by Gasteiger charge is 2.14. The van der Waals surface area contributed by atoms with E-state index in [4.69, 9.17) is 4.74 Å². The molecule has 162 valence electrons. The van der Waals surface area contributed by atoms with Crippen molar-refractivity contribution in [2.75, 3.05) is 11.3 Å². The number of rotatable bonds is 8. The Labute approximate surface area is 186 Å². The maximum atomic E-state index is 12.5. The van der Waals surface area contributed by atoms with Gasteiger partial charge in [0.15, 0.2) is 6.61 Å². The predicted octanol–water partition coefficient (Wildman–Crippen LogP) is 4.34. The summed E-state index contributed by atoms with van der Waals surface area (Å²) in [4.78, 5) is 12.3. The molecule has 0 aliphatic carbocycles. The van der Waals surface area contributed by atoms with Crippen LogP contribution in [0.4, 0.5) is 5.69 Å². The molecule has 32 heavy (non-hydrogen) atoms. The second-order valence-corrected chi connectivity index (χ2v) is 8.83. The van der Waals surface area contributed by atoms with Crippen molar-refractivity contribution in [1.29, 1.82) is 0 Å². The van der Waals surface area contributed by atoms with Crippen LogP contribution in [0, 0.1) is 0 Å². The largest absolute Gasteiger partial charge is 0.484 e. The second-order valence-electron chi connectivity index (χ2n) is 7.15. The minimum absolute atomic E-state index is 0.106. The first-order chi connectivity index (χ1) is 15.5. The van der Waals surface area contributed by atoms with Crippen molar-refractivity contribution in [3.8, 4) is 5.75 Å². The summed E-state index contributed by atoms with van der Waals surface area (Å²) in [7, 11) is -3.70. The van der Waals surface area contributed by atoms with E-state index >= 15 is 0 Å². The molecule has 7 heteroatoms. The van der Waals surface area contributed by atoms with E-state index in [1.807, 2.05) is 48.5 Å². The van der Waals surface area contributed by atoms with Crippen molar-refractivity contribution in [1.82, 2.24) is 5.32 Å². The van der Waals surface area contributed by atoms with Gasteiger partial charge in [-0.2, -0.15) is 0 Å². The number of ether oxygens (including phenoxy) is 1. The monoisotopic (exact) mass is 446 g/mol. The molecule has 0 radical (unpaired) electrons. The fourth-order valence-electron chi connectivity index (χ4n) is 3.28. The molecule has 0 spiro atoms. The third kappa shape index (κ3) is 5.25. The zero-order valence-corrected chi connectivity index (χ0v) is 18.0. The topological polar surface area (TPSA) is 84.5 Å². The maximum Gasteiger partial charge on any atom is 0.261 e. The lowest BCUT2D eigenvalue weighted by atomic mass is 10.0. The van der Waals surface area contributed by atoms with Crippen LogP contribution in [0.25, 0.3) is 10.8 Å². The van der Waals surface area contributed by atoms with E-state index in [2.05, 4.69) is 10.0 Å². The highest BCUT2D eigenvalue weighted by Crippen LogP contribution is 2.20. The predicted molar refractivity (Wildman–Crippen MR) is 125 cm³/mol. The fourth-order valence-corrected chi connectivity index (χ4v) is 4.33. The van der Waals surface area contributed by atoms with E-state index in [0.717, 1.165) is 16.3 Å². The molecule has 4 aromatic rings. The molecule has 0 fully saturated rings. The van der Waals surface area contributed by atoms with Gasteiger partial charge >= 0.3 is 0 Å². The standard InChI is InChI=1S/C25H22N2O4S/c28-25(26-17-20-9-6-8-19-7-4-5-12-24(19)20)18-31-22-13-15-23(16-14-22)32(29,30)27-21-10-2-1-3-11-21/h1-16,27H,17-18H2,(H,26,28). The molecule has 6 nitrogen and oxygen atoms in total. The first-order valence-corrected chi connectivity index (χ1v) is 11.5. The van der Waals surface area contributed by atoms with Crippen LogP contribution in [0.5, 0.6) is 5.75 Å². The highest BCUT2D eigenvalue weighted by molar-refractivity contribution is 7.92. The summed E-state index contributed by atoms with van der Waals surface area (Å²) in [5.41, 5.74) is 1.51. The molecule has 0 bridgehead atoms. The van der Waals surface area contributed by atoms with Crippen molar-refractivity contribution in [2.24, 2.45) is 0 Å². The average Bonchev–Trinajstić information content (AvgIpc) is 2.82. The Morgan fingerprint density at radius 3 is 2.25 bits per heavy atom. The molecule has 0 saturated carbocycles. The lowest BCUT2D eigenvalue weighted by Gasteiger charge is -2.11. The molecule has 0 aliphatic rings. The van der Waals surface area contributed by atoms with Gasteiger partial charge in [0.2, 0.25) is 0 Å². The Kier molecular flexibility index (Phi) is 6.37. The number of sulfonamides is 1. The molecule has 4 aromatic carbocycles. The summed E-state index contributed by atoms with van der Waals surface area (Å²) >= 11 is 0. The van der Waals surface area contributed by atoms with E-state index in [0.29, 0.717) is 18.0 Å². The highest BCUT2D eigenvalue weighted by atomic mass is 32.2. The minimum atomic E-state index is -3.70. The second kappa shape index (κ2) is 9.53. The molecule has 0 aromatic heterocycles. The Hall–Kier alpha value is -3.84. The van der Waals surface area contributed by atoms with Gasteiger partial charge in [0, 0.05) is 12.2 Å². The van der Waals surface area contributed by atoms with Gasteiger partial charge in [-0.3, -0.25) is 9.52 Å². The van der Waals surface area contributed by atoms with Crippen molar-refractivity contribution < 1.29 is 17.9 Å². The van der Waals surface area contributed by atoms with Gasteiger partial charge in [-0.25, -0.2) is 8.42 Å².